The van der Waals surface area contributed by atoms with Crippen LogP contribution < -0.4 is 5.43 Å². The Balaban J connectivity index is 1.91. The lowest BCUT2D eigenvalue weighted by atomic mass is 10.3. The van der Waals surface area contributed by atoms with Crippen LogP contribution in [-0.2, 0) is 0 Å². The van der Waals surface area contributed by atoms with Crippen molar-refractivity contribution < 1.29 is 0 Å². The van der Waals surface area contributed by atoms with Crippen molar-refractivity contribution in [3.63, 3.8) is 0 Å². The Labute approximate surface area is 117 Å². The van der Waals surface area contributed by atoms with Crippen LogP contribution in [0.15, 0.2) is 29.5 Å². The summed E-state index contributed by atoms with van der Waals surface area (Å²) in [6.07, 6.45) is 1.76. The molecule has 0 unspecified atom stereocenters. The Kier molecular flexibility index (Phi) is 4.95. The number of hydrogen-bond donors (Lipinski definition) is 1. The van der Waals surface area contributed by atoms with Crippen LogP contribution in [0.2, 0.25) is 0 Å². The fourth-order valence-corrected chi connectivity index (χ4v) is 2.73. The lowest BCUT2D eigenvalue weighted by Crippen LogP contribution is -2.42. The summed E-state index contributed by atoms with van der Waals surface area (Å²) in [7, 11) is 0. The second kappa shape index (κ2) is 6.70. The van der Waals surface area contributed by atoms with Crippen LogP contribution in [0.3, 0.4) is 0 Å². The molecular formula is C12H16N4S2. The highest BCUT2D eigenvalue weighted by Crippen LogP contribution is 2.09. The molecule has 0 bridgehead atoms. The molecule has 1 fully saturated rings. The number of hydrogen-bond acceptors (Lipinski definition) is 4. The van der Waals surface area contributed by atoms with Gasteiger partial charge in [-0.3, -0.25) is 10.4 Å². The Bertz CT molecular complexity index is 427. The van der Waals surface area contributed by atoms with E-state index in [4.69, 9.17) is 12.2 Å². The zero-order chi connectivity index (χ0) is 12.8. The third-order valence-electron chi connectivity index (χ3n) is 2.65. The standard InChI is InChI=1S/C12H16N4S2/c1-10(11-4-2-3-5-13-11)14-15-12(17)16-6-8-18-9-7-16/h2-5H,6-9H2,1H3,(H,15,17). The van der Waals surface area contributed by atoms with Gasteiger partial charge in [0.05, 0.1) is 11.4 Å². The van der Waals surface area contributed by atoms with E-state index >= 15 is 0 Å². The van der Waals surface area contributed by atoms with Gasteiger partial charge < -0.3 is 4.90 Å². The van der Waals surface area contributed by atoms with Crippen LogP contribution in [0.5, 0.6) is 0 Å². The quantitative estimate of drug-likeness (QED) is 0.507. The van der Waals surface area contributed by atoms with Crippen LogP contribution in [0, 0.1) is 0 Å². The topological polar surface area (TPSA) is 40.5 Å². The second-order valence-corrected chi connectivity index (χ2v) is 5.54. The number of thioether (sulfide) groups is 1. The molecule has 1 aromatic rings. The minimum absolute atomic E-state index is 0.700. The molecule has 1 aliphatic heterocycles. The van der Waals surface area contributed by atoms with Gasteiger partial charge in [0.1, 0.15) is 0 Å². The average Bonchev–Trinajstić information content (AvgIpc) is 2.46. The minimum Gasteiger partial charge on any atom is -0.346 e. The SMILES string of the molecule is CC(=NNC(=S)N1CCSCC1)c1ccccn1. The summed E-state index contributed by atoms with van der Waals surface area (Å²) in [6.45, 7) is 3.91. The Morgan fingerprint density at radius 2 is 2.22 bits per heavy atom. The normalized spacial score (nSPS) is 16.5. The van der Waals surface area contributed by atoms with Gasteiger partial charge in [-0.2, -0.15) is 16.9 Å². The molecule has 96 valence electrons. The van der Waals surface area contributed by atoms with Crippen molar-refractivity contribution in [1.82, 2.24) is 15.3 Å². The molecule has 0 radical (unpaired) electrons. The van der Waals surface area contributed by atoms with E-state index < -0.39 is 0 Å². The lowest BCUT2D eigenvalue weighted by molar-refractivity contribution is 0.455. The van der Waals surface area contributed by atoms with Gasteiger partial charge in [-0.05, 0) is 31.3 Å². The third kappa shape index (κ3) is 3.68. The lowest BCUT2D eigenvalue weighted by Gasteiger charge is -2.27. The second-order valence-electron chi connectivity index (χ2n) is 3.93. The maximum atomic E-state index is 5.32. The summed E-state index contributed by atoms with van der Waals surface area (Å²) < 4.78 is 0. The molecule has 2 heterocycles. The van der Waals surface area contributed by atoms with Crippen molar-refractivity contribution in [2.75, 3.05) is 24.6 Å². The predicted octanol–water partition coefficient (Wildman–Crippen LogP) is 1.73. The monoisotopic (exact) mass is 280 g/mol. The summed E-state index contributed by atoms with van der Waals surface area (Å²) in [5.74, 6) is 2.26. The summed E-state index contributed by atoms with van der Waals surface area (Å²) in [5.41, 5.74) is 4.65. The molecule has 0 saturated carbocycles. The number of hydrazone groups is 1. The summed E-state index contributed by atoms with van der Waals surface area (Å²) in [6, 6.07) is 5.77. The molecule has 6 heteroatoms. The molecule has 4 nitrogen and oxygen atoms in total. The molecule has 1 saturated heterocycles. The molecule has 0 amide bonds. The Morgan fingerprint density at radius 3 is 2.89 bits per heavy atom. The number of thiocarbonyl (C=S) groups is 1. The largest absolute Gasteiger partial charge is 0.346 e. The predicted molar refractivity (Wildman–Crippen MR) is 81.1 cm³/mol. The van der Waals surface area contributed by atoms with Gasteiger partial charge in [0, 0.05) is 30.8 Å². The van der Waals surface area contributed by atoms with Crippen molar-refractivity contribution >= 4 is 34.8 Å². The van der Waals surface area contributed by atoms with Crippen molar-refractivity contribution in [1.29, 1.82) is 0 Å². The fraction of sp³-hybridized carbons (Fsp3) is 0.417. The molecule has 0 spiro atoms. The van der Waals surface area contributed by atoms with E-state index in [2.05, 4.69) is 20.4 Å². The smallest absolute Gasteiger partial charge is 0.189 e. The van der Waals surface area contributed by atoms with E-state index in [1.54, 1.807) is 6.20 Å². The molecule has 1 aliphatic rings. The minimum atomic E-state index is 0.700. The van der Waals surface area contributed by atoms with E-state index in [0.29, 0.717) is 5.11 Å². The average molecular weight is 280 g/mol. The van der Waals surface area contributed by atoms with Crippen molar-refractivity contribution in [2.24, 2.45) is 5.10 Å². The first-order chi connectivity index (χ1) is 8.77. The van der Waals surface area contributed by atoms with Gasteiger partial charge in [0.15, 0.2) is 5.11 Å². The van der Waals surface area contributed by atoms with Crippen LogP contribution in [0.4, 0.5) is 0 Å². The van der Waals surface area contributed by atoms with Crippen molar-refractivity contribution in [3.8, 4) is 0 Å². The highest BCUT2D eigenvalue weighted by atomic mass is 32.2. The molecule has 0 aromatic carbocycles. The molecule has 1 aromatic heterocycles. The van der Waals surface area contributed by atoms with E-state index in [-0.39, 0.29) is 0 Å². The molecular weight excluding hydrogens is 264 g/mol. The van der Waals surface area contributed by atoms with Gasteiger partial charge in [-0.1, -0.05) is 6.07 Å². The Morgan fingerprint density at radius 1 is 1.44 bits per heavy atom. The maximum Gasteiger partial charge on any atom is 0.189 e. The molecule has 1 N–H and O–H groups in total. The van der Waals surface area contributed by atoms with Crippen LogP contribution >= 0.6 is 24.0 Å². The van der Waals surface area contributed by atoms with Crippen molar-refractivity contribution in [3.05, 3.63) is 30.1 Å². The zero-order valence-electron chi connectivity index (χ0n) is 10.3. The molecule has 0 atom stereocenters. The van der Waals surface area contributed by atoms with Gasteiger partial charge in [0.25, 0.3) is 0 Å². The third-order valence-corrected chi connectivity index (χ3v) is 3.95. The first kappa shape index (κ1) is 13.3. The van der Waals surface area contributed by atoms with Crippen LogP contribution in [0.1, 0.15) is 12.6 Å². The van der Waals surface area contributed by atoms with E-state index in [9.17, 15) is 0 Å². The van der Waals surface area contributed by atoms with Crippen LogP contribution in [0.25, 0.3) is 0 Å². The molecule has 18 heavy (non-hydrogen) atoms. The van der Waals surface area contributed by atoms with E-state index in [1.807, 2.05) is 36.9 Å². The molecule has 2 rings (SSSR count). The number of nitrogens with one attached hydrogen (secondary N) is 1. The van der Waals surface area contributed by atoms with E-state index in [0.717, 1.165) is 36.0 Å². The zero-order valence-corrected chi connectivity index (χ0v) is 11.9. The van der Waals surface area contributed by atoms with Gasteiger partial charge in [-0.15, -0.1) is 0 Å². The highest BCUT2D eigenvalue weighted by Gasteiger charge is 2.12. The number of nitrogens with zero attached hydrogens (tertiary/aromatic N) is 3. The van der Waals surface area contributed by atoms with Gasteiger partial charge in [0.2, 0.25) is 0 Å². The number of rotatable bonds is 2. The van der Waals surface area contributed by atoms with Gasteiger partial charge >= 0.3 is 0 Å². The van der Waals surface area contributed by atoms with Gasteiger partial charge in [-0.25, -0.2) is 0 Å². The summed E-state index contributed by atoms with van der Waals surface area (Å²) in [4.78, 5) is 6.39. The maximum absolute atomic E-state index is 5.32. The van der Waals surface area contributed by atoms with Crippen LogP contribution in [-0.4, -0.2) is 45.3 Å². The first-order valence-electron chi connectivity index (χ1n) is 5.86. The molecule has 0 aliphatic carbocycles. The highest BCUT2D eigenvalue weighted by molar-refractivity contribution is 7.99. The summed E-state index contributed by atoms with van der Waals surface area (Å²) in [5, 5.41) is 4.98. The number of pyridine rings is 1. The summed E-state index contributed by atoms with van der Waals surface area (Å²) >= 11 is 7.28. The Hall–Kier alpha value is -1.14. The van der Waals surface area contributed by atoms with E-state index in [1.165, 1.54) is 0 Å². The fourth-order valence-electron chi connectivity index (χ4n) is 1.60. The first-order valence-corrected chi connectivity index (χ1v) is 7.42. The van der Waals surface area contributed by atoms with Crippen molar-refractivity contribution in [2.45, 2.75) is 6.92 Å². The number of aromatic nitrogens is 1.